The van der Waals surface area contributed by atoms with Crippen LogP contribution in [0.4, 0.5) is 0 Å². The van der Waals surface area contributed by atoms with Gasteiger partial charge in [0.25, 0.3) is 0 Å². The third-order valence-electron chi connectivity index (χ3n) is 2.43. The topological polar surface area (TPSA) is 90.6 Å². The number of rotatable bonds is 9. The third-order valence-corrected chi connectivity index (χ3v) is 3.39. The van der Waals surface area contributed by atoms with Crippen LogP contribution in [0.25, 0.3) is 0 Å². The maximum Gasteiger partial charge on any atom is 0.209 e. The fourth-order valence-corrected chi connectivity index (χ4v) is 2.24. The van der Waals surface area contributed by atoms with Crippen molar-refractivity contribution in [3.8, 4) is 0 Å². The van der Waals surface area contributed by atoms with Gasteiger partial charge in [0.15, 0.2) is 0 Å². The molecule has 0 saturated heterocycles. The predicted molar refractivity (Wildman–Crippen MR) is 74.2 cm³/mol. The van der Waals surface area contributed by atoms with Crippen molar-refractivity contribution in [1.82, 2.24) is 35.5 Å². The zero-order valence-corrected chi connectivity index (χ0v) is 12.1. The molecule has 2 heterocycles. The van der Waals surface area contributed by atoms with Gasteiger partial charge in [0, 0.05) is 32.6 Å². The molecule has 0 unspecified atom stereocenters. The molecule has 0 amide bonds. The highest BCUT2D eigenvalue weighted by atomic mass is 32.2. The highest BCUT2D eigenvalue weighted by Gasteiger charge is 2.07. The van der Waals surface area contributed by atoms with E-state index in [1.165, 1.54) is 11.8 Å². The summed E-state index contributed by atoms with van der Waals surface area (Å²) in [4.78, 5) is 8.34. The van der Waals surface area contributed by atoms with Gasteiger partial charge >= 0.3 is 0 Å². The molecule has 0 radical (unpaired) electrons. The fourth-order valence-electron chi connectivity index (χ4n) is 1.46. The fraction of sp³-hybridized carbons (Fsp3) is 0.545. The quantitative estimate of drug-likeness (QED) is 0.510. The molecule has 8 nitrogen and oxygen atoms in total. The lowest BCUT2D eigenvalue weighted by atomic mass is 10.6. The number of nitrogens with zero attached hydrogens (tertiary/aromatic N) is 6. The molecule has 0 fully saturated rings. The molecule has 108 valence electrons. The first kappa shape index (κ1) is 14.8. The molecule has 0 bridgehead atoms. The van der Waals surface area contributed by atoms with Gasteiger partial charge in [-0.05, 0) is 16.5 Å². The van der Waals surface area contributed by atoms with Gasteiger partial charge in [0.2, 0.25) is 5.16 Å². The van der Waals surface area contributed by atoms with Crippen molar-refractivity contribution in [2.45, 2.75) is 17.5 Å². The zero-order valence-electron chi connectivity index (χ0n) is 11.3. The summed E-state index contributed by atoms with van der Waals surface area (Å²) in [5, 5.41) is 15.7. The number of aromatic nitrogens is 6. The van der Waals surface area contributed by atoms with Gasteiger partial charge in [-0.3, -0.25) is 0 Å². The van der Waals surface area contributed by atoms with Gasteiger partial charge in [-0.2, -0.15) is 0 Å². The van der Waals surface area contributed by atoms with Gasteiger partial charge in [0.05, 0.1) is 18.9 Å². The highest BCUT2D eigenvalue weighted by Crippen LogP contribution is 2.17. The smallest absolute Gasteiger partial charge is 0.209 e. The van der Waals surface area contributed by atoms with E-state index in [-0.39, 0.29) is 0 Å². The van der Waals surface area contributed by atoms with Crippen LogP contribution in [0.3, 0.4) is 0 Å². The number of tetrazole rings is 1. The maximum atomic E-state index is 4.96. The lowest BCUT2D eigenvalue weighted by Gasteiger charge is -2.05. The molecular weight excluding hydrogens is 278 g/mol. The molecule has 0 atom stereocenters. The minimum absolute atomic E-state index is 0.651. The van der Waals surface area contributed by atoms with Crippen LogP contribution in [0.2, 0.25) is 0 Å². The van der Waals surface area contributed by atoms with Crippen LogP contribution in [-0.4, -0.2) is 57.0 Å². The van der Waals surface area contributed by atoms with E-state index in [9.17, 15) is 0 Å². The average Bonchev–Trinajstić information content (AvgIpc) is 2.93. The molecule has 0 saturated carbocycles. The van der Waals surface area contributed by atoms with E-state index in [0.717, 1.165) is 24.1 Å². The first-order valence-electron chi connectivity index (χ1n) is 6.24. The molecule has 20 heavy (non-hydrogen) atoms. The number of hydrogen-bond donors (Lipinski definition) is 1. The van der Waals surface area contributed by atoms with Gasteiger partial charge in [-0.25, -0.2) is 14.6 Å². The van der Waals surface area contributed by atoms with Gasteiger partial charge in [-0.1, -0.05) is 11.8 Å². The van der Waals surface area contributed by atoms with E-state index < -0.39 is 0 Å². The number of hydrogen-bond acceptors (Lipinski definition) is 8. The second-order valence-corrected chi connectivity index (χ2v) is 4.82. The Balaban J connectivity index is 1.76. The third kappa shape index (κ3) is 4.83. The molecule has 0 aromatic carbocycles. The minimum atomic E-state index is 0.651. The Morgan fingerprint density at radius 2 is 2.15 bits per heavy atom. The second-order valence-electron chi connectivity index (χ2n) is 3.88. The van der Waals surface area contributed by atoms with Crippen molar-refractivity contribution >= 4 is 11.8 Å². The molecule has 0 spiro atoms. The lowest BCUT2D eigenvalue weighted by Crippen LogP contribution is -2.24. The number of ether oxygens (including phenoxy) is 1. The summed E-state index contributed by atoms with van der Waals surface area (Å²) in [7, 11) is 1.68. The Kier molecular flexibility index (Phi) is 6.35. The molecule has 0 aliphatic carbocycles. The summed E-state index contributed by atoms with van der Waals surface area (Å²) in [5.74, 6) is 1.42. The molecule has 2 rings (SSSR count). The Labute approximate surface area is 121 Å². The second kappa shape index (κ2) is 8.56. The molecular formula is C11H17N7OS. The maximum absolute atomic E-state index is 4.96. The van der Waals surface area contributed by atoms with Gasteiger partial charge < -0.3 is 10.1 Å². The van der Waals surface area contributed by atoms with Crippen LogP contribution in [0.15, 0.2) is 23.6 Å². The van der Waals surface area contributed by atoms with Crippen molar-refractivity contribution in [2.24, 2.45) is 0 Å². The average molecular weight is 295 g/mol. The lowest BCUT2D eigenvalue weighted by molar-refractivity contribution is 0.199. The Morgan fingerprint density at radius 3 is 2.95 bits per heavy atom. The van der Waals surface area contributed by atoms with Gasteiger partial charge in [0.1, 0.15) is 5.82 Å². The standard InChI is InChI=1S/C11H17N7OS/c1-19-8-6-12-5-7-18-11(15-16-17-18)20-9-10-13-3-2-4-14-10/h2-4,12H,5-9H2,1H3. The van der Waals surface area contributed by atoms with Crippen molar-refractivity contribution in [1.29, 1.82) is 0 Å². The normalized spacial score (nSPS) is 10.8. The summed E-state index contributed by atoms with van der Waals surface area (Å²) in [6.45, 7) is 3.03. The van der Waals surface area contributed by atoms with E-state index >= 15 is 0 Å². The Morgan fingerprint density at radius 1 is 1.30 bits per heavy atom. The SMILES string of the molecule is COCCNCCn1nnnc1SCc1ncccn1. The van der Waals surface area contributed by atoms with Crippen LogP contribution < -0.4 is 5.32 Å². The highest BCUT2D eigenvalue weighted by molar-refractivity contribution is 7.98. The first-order valence-corrected chi connectivity index (χ1v) is 7.23. The summed E-state index contributed by atoms with van der Waals surface area (Å²) >= 11 is 1.52. The van der Waals surface area contributed by atoms with Crippen molar-refractivity contribution in [3.63, 3.8) is 0 Å². The van der Waals surface area contributed by atoms with Crippen molar-refractivity contribution < 1.29 is 4.74 Å². The Bertz CT molecular complexity index is 493. The van der Waals surface area contributed by atoms with Crippen LogP contribution in [-0.2, 0) is 17.0 Å². The summed E-state index contributed by atoms with van der Waals surface area (Å²) < 4.78 is 6.73. The zero-order chi connectivity index (χ0) is 14.0. The van der Waals surface area contributed by atoms with Crippen molar-refractivity contribution in [2.75, 3.05) is 26.8 Å². The van der Waals surface area contributed by atoms with Gasteiger partial charge in [-0.15, -0.1) is 5.10 Å². The van der Waals surface area contributed by atoms with E-state index in [1.807, 2.05) is 0 Å². The van der Waals surface area contributed by atoms with E-state index in [4.69, 9.17) is 4.74 Å². The monoisotopic (exact) mass is 295 g/mol. The molecule has 0 aliphatic heterocycles. The van der Waals surface area contributed by atoms with Crippen LogP contribution >= 0.6 is 11.8 Å². The van der Waals surface area contributed by atoms with Crippen molar-refractivity contribution in [3.05, 3.63) is 24.3 Å². The van der Waals surface area contributed by atoms with Crippen LogP contribution in [0.5, 0.6) is 0 Å². The number of nitrogens with one attached hydrogen (secondary N) is 1. The number of methoxy groups -OCH3 is 1. The molecule has 9 heteroatoms. The molecule has 0 aliphatic rings. The molecule has 2 aromatic heterocycles. The summed E-state index contributed by atoms with van der Waals surface area (Å²) in [6.07, 6.45) is 3.46. The first-order chi connectivity index (χ1) is 9.90. The van der Waals surface area contributed by atoms with E-state index in [0.29, 0.717) is 18.9 Å². The largest absolute Gasteiger partial charge is 0.383 e. The van der Waals surface area contributed by atoms with Crippen LogP contribution in [0.1, 0.15) is 5.82 Å². The van der Waals surface area contributed by atoms with Crippen LogP contribution in [0, 0.1) is 0 Å². The summed E-state index contributed by atoms with van der Waals surface area (Å²) in [5.41, 5.74) is 0. The van der Waals surface area contributed by atoms with E-state index in [1.54, 1.807) is 30.3 Å². The predicted octanol–water partition coefficient (Wildman–Crippen LogP) is -0.00860. The molecule has 1 N–H and O–H groups in total. The Hall–Kier alpha value is -1.58. The van der Waals surface area contributed by atoms with E-state index in [2.05, 4.69) is 30.8 Å². The number of thioether (sulfide) groups is 1. The summed E-state index contributed by atoms with van der Waals surface area (Å²) in [6, 6.07) is 1.80. The molecule has 2 aromatic rings. The minimum Gasteiger partial charge on any atom is -0.383 e.